The van der Waals surface area contributed by atoms with Gasteiger partial charge >= 0.3 is 14.0 Å². The van der Waals surface area contributed by atoms with Gasteiger partial charge in [-0.3, -0.25) is 0 Å². The fourth-order valence-electron chi connectivity index (χ4n) is 1.34. The van der Waals surface area contributed by atoms with Crippen LogP contribution in [0.25, 0.3) is 0 Å². The highest BCUT2D eigenvalue weighted by Crippen LogP contribution is 2.50. The second-order valence-corrected chi connectivity index (χ2v) is 4.70. The third kappa shape index (κ3) is 4.82. The molecule has 0 saturated heterocycles. The van der Waals surface area contributed by atoms with Crippen molar-refractivity contribution in [3.63, 3.8) is 0 Å². The number of para-hydroxylation sites is 2. The SMILES string of the molecule is O=P(F)(F)N=C(Oc1ccccc1)Oc1ccccc1. The molecule has 0 bridgehead atoms. The summed E-state index contributed by atoms with van der Waals surface area (Å²) in [5, 5.41) is 0. The standard InChI is InChI=1S/C13H10F2NO3P/c14-20(15,17)16-13(18-11-7-3-1-4-8-11)19-12-9-5-2-6-10-12/h1-10H. The van der Waals surface area contributed by atoms with Crippen molar-refractivity contribution in [2.75, 3.05) is 0 Å². The zero-order chi connectivity index (χ0) is 14.4. The molecule has 0 spiro atoms. The fourth-order valence-corrected chi connectivity index (χ4v) is 1.61. The maximum absolute atomic E-state index is 12.6. The van der Waals surface area contributed by atoms with Gasteiger partial charge in [0.2, 0.25) is 0 Å². The van der Waals surface area contributed by atoms with Crippen molar-refractivity contribution in [2.45, 2.75) is 0 Å². The van der Waals surface area contributed by atoms with Gasteiger partial charge in [-0.25, -0.2) is 4.57 Å². The van der Waals surface area contributed by atoms with E-state index >= 15 is 0 Å². The normalized spacial score (nSPS) is 10.7. The average Bonchev–Trinajstić information content (AvgIpc) is 2.39. The molecule has 0 fully saturated rings. The van der Waals surface area contributed by atoms with Gasteiger partial charge < -0.3 is 9.47 Å². The Balaban J connectivity index is 2.22. The first-order chi connectivity index (χ1) is 9.53. The van der Waals surface area contributed by atoms with Crippen LogP contribution in [0.4, 0.5) is 8.39 Å². The van der Waals surface area contributed by atoms with Gasteiger partial charge in [0.15, 0.2) is 0 Å². The first-order valence-corrected chi connectivity index (χ1v) is 7.02. The molecule has 0 aliphatic heterocycles. The summed E-state index contributed by atoms with van der Waals surface area (Å²) < 4.78 is 48.5. The zero-order valence-corrected chi connectivity index (χ0v) is 11.0. The van der Waals surface area contributed by atoms with Gasteiger partial charge in [-0.15, -0.1) is 8.39 Å². The quantitative estimate of drug-likeness (QED) is 0.474. The Kier molecular flexibility index (Phi) is 4.48. The lowest BCUT2D eigenvalue weighted by atomic mass is 10.3. The second-order valence-electron chi connectivity index (χ2n) is 3.63. The number of halogens is 2. The molecular weight excluding hydrogens is 287 g/mol. The topological polar surface area (TPSA) is 47.9 Å². The van der Waals surface area contributed by atoms with E-state index in [0.717, 1.165) is 0 Å². The van der Waals surface area contributed by atoms with Crippen LogP contribution >= 0.6 is 7.91 Å². The van der Waals surface area contributed by atoms with Gasteiger partial charge in [0.25, 0.3) is 0 Å². The first-order valence-electron chi connectivity index (χ1n) is 5.58. The second kappa shape index (κ2) is 6.30. The van der Waals surface area contributed by atoms with E-state index in [0.29, 0.717) is 0 Å². The predicted molar refractivity (Wildman–Crippen MR) is 71.4 cm³/mol. The molecule has 7 heteroatoms. The minimum absolute atomic E-state index is 0.246. The summed E-state index contributed by atoms with van der Waals surface area (Å²) in [5.41, 5.74) is 0. The molecule has 104 valence electrons. The van der Waals surface area contributed by atoms with Crippen LogP contribution in [0.3, 0.4) is 0 Å². The van der Waals surface area contributed by atoms with E-state index in [9.17, 15) is 13.0 Å². The molecule has 0 aromatic heterocycles. The Morgan fingerprint density at radius 3 is 1.60 bits per heavy atom. The zero-order valence-electron chi connectivity index (χ0n) is 10.1. The van der Waals surface area contributed by atoms with Gasteiger partial charge in [-0.05, 0) is 24.3 Å². The molecular formula is C13H10F2NO3P. The number of rotatable bonds is 3. The summed E-state index contributed by atoms with van der Waals surface area (Å²) in [6, 6.07) is 16.2. The van der Waals surface area contributed by atoms with Gasteiger partial charge in [-0.2, -0.15) is 0 Å². The van der Waals surface area contributed by atoms with E-state index in [1.165, 1.54) is 24.3 Å². The van der Waals surface area contributed by atoms with Gasteiger partial charge in [0.1, 0.15) is 11.5 Å². The summed E-state index contributed by atoms with van der Waals surface area (Å²) in [6.07, 6.45) is -0.768. The summed E-state index contributed by atoms with van der Waals surface area (Å²) in [4.78, 5) is 0. The van der Waals surface area contributed by atoms with Crippen LogP contribution in [0.1, 0.15) is 0 Å². The Morgan fingerprint density at radius 1 is 0.850 bits per heavy atom. The first kappa shape index (κ1) is 14.2. The number of hydrogen-bond acceptors (Lipinski definition) is 3. The van der Waals surface area contributed by atoms with Gasteiger partial charge in [0.05, 0.1) is 0 Å². The van der Waals surface area contributed by atoms with Crippen LogP contribution in [0.15, 0.2) is 65.4 Å². The third-order valence-electron chi connectivity index (χ3n) is 2.09. The Labute approximate surface area is 114 Å². The lowest BCUT2D eigenvalue weighted by molar-refractivity contribution is 0.384. The van der Waals surface area contributed by atoms with Crippen molar-refractivity contribution < 1.29 is 22.4 Å². The molecule has 0 aliphatic carbocycles. The van der Waals surface area contributed by atoms with Crippen LogP contribution in [0.2, 0.25) is 0 Å². The van der Waals surface area contributed by atoms with E-state index in [1.54, 1.807) is 36.4 Å². The molecule has 2 rings (SSSR count). The van der Waals surface area contributed by atoms with Crippen LogP contribution in [-0.4, -0.2) is 6.08 Å². The van der Waals surface area contributed by atoms with Crippen molar-refractivity contribution in [1.29, 1.82) is 0 Å². The van der Waals surface area contributed by atoms with Crippen LogP contribution in [-0.2, 0) is 4.57 Å². The van der Waals surface area contributed by atoms with Crippen molar-refractivity contribution in [1.82, 2.24) is 0 Å². The highest BCUT2D eigenvalue weighted by molar-refractivity contribution is 7.51. The highest BCUT2D eigenvalue weighted by atomic mass is 31.2. The molecule has 20 heavy (non-hydrogen) atoms. The molecule has 0 unspecified atom stereocenters. The van der Waals surface area contributed by atoms with Crippen molar-refractivity contribution in [3.05, 3.63) is 60.7 Å². The number of nitrogens with zero attached hydrogens (tertiary/aromatic N) is 1. The van der Waals surface area contributed by atoms with Crippen LogP contribution in [0.5, 0.6) is 11.5 Å². The monoisotopic (exact) mass is 297 g/mol. The maximum Gasteiger partial charge on any atom is 0.535 e. The summed E-state index contributed by atoms with van der Waals surface area (Å²) >= 11 is 0. The molecule has 0 aliphatic rings. The van der Waals surface area contributed by atoms with Crippen LogP contribution < -0.4 is 9.47 Å². The average molecular weight is 297 g/mol. The third-order valence-corrected chi connectivity index (χ3v) is 2.49. The molecule has 4 nitrogen and oxygen atoms in total. The molecule has 0 N–H and O–H groups in total. The minimum atomic E-state index is -5.66. The van der Waals surface area contributed by atoms with E-state index in [-0.39, 0.29) is 11.5 Å². The molecule has 2 aromatic carbocycles. The number of hydrogen-bond donors (Lipinski definition) is 0. The van der Waals surface area contributed by atoms with Crippen LogP contribution in [0, 0.1) is 0 Å². The number of benzene rings is 2. The smallest absolute Gasteiger partial charge is 0.411 e. The van der Waals surface area contributed by atoms with Gasteiger partial charge in [-0.1, -0.05) is 41.2 Å². The lowest BCUT2D eigenvalue weighted by Crippen LogP contribution is -2.16. The summed E-state index contributed by atoms with van der Waals surface area (Å²) in [7, 11) is -5.66. The predicted octanol–water partition coefficient (Wildman–Crippen LogP) is 4.55. The minimum Gasteiger partial charge on any atom is -0.411 e. The number of ether oxygens (including phenoxy) is 2. The Hall–Kier alpha value is -2.20. The molecule has 2 aromatic rings. The molecule has 0 amide bonds. The molecule has 0 radical (unpaired) electrons. The molecule has 0 heterocycles. The lowest BCUT2D eigenvalue weighted by Gasteiger charge is -2.09. The Morgan fingerprint density at radius 2 is 1.25 bits per heavy atom. The van der Waals surface area contributed by atoms with E-state index in [2.05, 4.69) is 4.76 Å². The fraction of sp³-hybridized carbons (Fsp3) is 0. The van der Waals surface area contributed by atoms with Gasteiger partial charge in [0, 0.05) is 0 Å². The Bertz CT molecular complexity index is 585. The summed E-state index contributed by atoms with van der Waals surface area (Å²) in [6.45, 7) is 0. The summed E-state index contributed by atoms with van der Waals surface area (Å²) in [5.74, 6) is 0.492. The van der Waals surface area contributed by atoms with E-state index in [4.69, 9.17) is 9.47 Å². The highest BCUT2D eigenvalue weighted by Gasteiger charge is 2.22. The van der Waals surface area contributed by atoms with E-state index < -0.39 is 14.0 Å². The van der Waals surface area contributed by atoms with Crippen molar-refractivity contribution >= 4 is 14.0 Å². The van der Waals surface area contributed by atoms with E-state index in [1.807, 2.05) is 0 Å². The molecule has 0 atom stereocenters. The van der Waals surface area contributed by atoms with Crippen molar-refractivity contribution in [3.8, 4) is 11.5 Å². The largest absolute Gasteiger partial charge is 0.535 e. The maximum atomic E-state index is 12.6. The van der Waals surface area contributed by atoms with Crippen molar-refractivity contribution in [2.24, 2.45) is 4.76 Å². The molecule has 0 saturated carbocycles.